The Balaban J connectivity index is 1.26. The minimum Gasteiger partial charge on any atom is -0.377 e. The molecule has 1 saturated heterocycles. The molecule has 2 aromatic rings. The molecule has 2 aliphatic rings. The molecule has 0 spiro atoms. The van der Waals surface area contributed by atoms with E-state index in [2.05, 4.69) is 32.2 Å². The predicted octanol–water partition coefficient (Wildman–Crippen LogP) is 2.38. The number of hydrogen-bond donors (Lipinski definition) is 0. The number of rotatable bonds is 6. The average molecular weight is 371 g/mol. The number of anilines is 1. The Labute approximate surface area is 161 Å². The van der Waals surface area contributed by atoms with E-state index in [1.54, 1.807) is 0 Å². The molecule has 0 radical (unpaired) electrons. The Morgan fingerprint density at radius 1 is 1.04 bits per heavy atom. The van der Waals surface area contributed by atoms with Gasteiger partial charge in [-0.05, 0) is 41.3 Å². The van der Waals surface area contributed by atoms with Crippen LogP contribution in [0.25, 0.3) is 5.69 Å². The lowest BCUT2D eigenvalue weighted by atomic mass is 9.88. The molecule has 7 heteroatoms. The highest BCUT2D eigenvalue weighted by Gasteiger charge is 2.24. The standard InChI is InChI=1S/C20H30N6O/c1-17-7-5-6-10-19(17)27-16-15-24-11-13-25(14-12-24)20-21-22-23-26(20)18-8-3-2-4-9-18/h2-4,8-9,17,19H,5-7,10-16H2,1H3. The van der Waals surface area contributed by atoms with Gasteiger partial charge >= 0.3 is 0 Å². The Morgan fingerprint density at radius 3 is 2.59 bits per heavy atom. The maximum absolute atomic E-state index is 6.18. The Morgan fingerprint density at radius 2 is 1.81 bits per heavy atom. The highest BCUT2D eigenvalue weighted by Crippen LogP contribution is 2.26. The van der Waals surface area contributed by atoms with Crippen molar-refractivity contribution < 1.29 is 4.74 Å². The van der Waals surface area contributed by atoms with E-state index in [-0.39, 0.29) is 0 Å². The molecular weight excluding hydrogens is 340 g/mol. The van der Waals surface area contributed by atoms with Crippen LogP contribution in [-0.2, 0) is 4.74 Å². The topological polar surface area (TPSA) is 59.3 Å². The van der Waals surface area contributed by atoms with Crippen molar-refractivity contribution in [1.82, 2.24) is 25.1 Å². The quantitative estimate of drug-likeness (QED) is 0.778. The van der Waals surface area contributed by atoms with Crippen molar-refractivity contribution in [2.45, 2.75) is 38.7 Å². The minimum atomic E-state index is 0.468. The van der Waals surface area contributed by atoms with E-state index < -0.39 is 0 Å². The van der Waals surface area contributed by atoms with Crippen molar-refractivity contribution in [2.24, 2.45) is 5.92 Å². The third kappa shape index (κ3) is 4.47. The number of piperazine rings is 1. The molecule has 0 bridgehead atoms. The summed E-state index contributed by atoms with van der Waals surface area (Å²) in [6, 6.07) is 10.1. The first kappa shape index (κ1) is 18.4. The first-order valence-electron chi connectivity index (χ1n) is 10.2. The van der Waals surface area contributed by atoms with E-state index >= 15 is 0 Å². The van der Waals surface area contributed by atoms with Crippen LogP contribution < -0.4 is 4.90 Å². The number of hydrogen-bond acceptors (Lipinski definition) is 6. The molecule has 1 aromatic carbocycles. The van der Waals surface area contributed by atoms with E-state index in [9.17, 15) is 0 Å². The van der Waals surface area contributed by atoms with Crippen molar-refractivity contribution >= 4 is 5.95 Å². The molecule has 7 nitrogen and oxygen atoms in total. The van der Waals surface area contributed by atoms with Gasteiger partial charge in [-0.25, -0.2) is 0 Å². The smallest absolute Gasteiger partial charge is 0.250 e. The fourth-order valence-electron chi connectivity index (χ4n) is 4.15. The first-order chi connectivity index (χ1) is 13.3. The van der Waals surface area contributed by atoms with Crippen molar-refractivity contribution in [1.29, 1.82) is 0 Å². The molecule has 2 fully saturated rings. The second kappa shape index (κ2) is 8.80. The lowest BCUT2D eigenvalue weighted by Gasteiger charge is -2.35. The van der Waals surface area contributed by atoms with Gasteiger partial charge in [-0.2, -0.15) is 4.68 Å². The molecule has 146 valence electrons. The summed E-state index contributed by atoms with van der Waals surface area (Å²) < 4.78 is 8.00. The number of ether oxygens (including phenoxy) is 1. The van der Waals surface area contributed by atoms with Gasteiger partial charge < -0.3 is 9.64 Å². The number of benzene rings is 1. The van der Waals surface area contributed by atoms with E-state index in [4.69, 9.17) is 4.74 Å². The van der Waals surface area contributed by atoms with Gasteiger partial charge in [-0.3, -0.25) is 4.90 Å². The molecule has 2 heterocycles. The minimum absolute atomic E-state index is 0.468. The lowest BCUT2D eigenvalue weighted by molar-refractivity contribution is -0.0142. The zero-order valence-electron chi connectivity index (χ0n) is 16.2. The Kier molecular flexibility index (Phi) is 5.99. The van der Waals surface area contributed by atoms with Crippen LogP contribution in [-0.4, -0.2) is 70.5 Å². The molecule has 1 aromatic heterocycles. The predicted molar refractivity (Wildman–Crippen MR) is 105 cm³/mol. The fourth-order valence-corrected chi connectivity index (χ4v) is 4.15. The third-order valence-corrected chi connectivity index (χ3v) is 5.88. The monoisotopic (exact) mass is 370 g/mol. The summed E-state index contributed by atoms with van der Waals surface area (Å²) in [5, 5.41) is 12.3. The third-order valence-electron chi connectivity index (χ3n) is 5.88. The van der Waals surface area contributed by atoms with Crippen LogP contribution in [0.15, 0.2) is 30.3 Å². The summed E-state index contributed by atoms with van der Waals surface area (Å²) in [5.41, 5.74) is 0.995. The molecular formula is C20H30N6O. The highest BCUT2D eigenvalue weighted by atomic mass is 16.5. The van der Waals surface area contributed by atoms with Crippen LogP contribution in [0.1, 0.15) is 32.6 Å². The number of tetrazole rings is 1. The average Bonchev–Trinajstić information content (AvgIpc) is 3.21. The fraction of sp³-hybridized carbons (Fsp3) is 0.650. The van der Waals surface area contributed by atoms with Gasteiger partial charge in [0.15, 0.2) is 0 Å². The number of nitrogens with zero attached hydrogens (tertiary/aromatic N) is 6. The molecule has 0 amide bonds. The second-order valence-electron chi connectivity index (χ2n) is 7.73. The maximum Gasteiger partial charge on any atom is 0.250 e. The van der Waals surface area contributed by atoms with Gasteiger partial charge in [-0.15, -0.1) is 0 Å². The van der Waals surface area contributed by atoms with Gasteiger partial charge in [0.1, 0.15) is 0 Å². The molecule has 27 heavy (non-hydrogen) atoms. The molecule has 4 rings (SSSR count). The Bertz CT molecular complexity index is 698. The highest BCUT2D eigenvalue weighted by molar-refractivity contribution is 5.40. The van der Waals surface area contributed by atoms with Gasteiger partial charge in [0.2, 0.25) is 5.95 Å². The molecule has 1 aliphatic carbocycles. The summed E-state index contributed by atoms with van der Waals surface area (Å²) in [6.45, 7) is 8.10. The van der Waals surface area contributed by atoms with Crippen LogP contribution in [0, 0.1) is 5.92 Å². The summed E-state index contributed by atoms with van der Waals surface area (Å²) in [6.07, 6.45) is 5.71. The summed E-state index contributed by atoms with van der Waals surface area (Å²) in [4.78, 5) is 4.76. The summed E-state index contributed by atoms with van der Waals surface area (Å²) in [5.74, 6) is 1.54. The SMILES string of the molecule is CC1CCCCC1OCCN1CCN(c2nnnn2-c2ccccc2)CC1. The van der Waals surface area contributed by atoms with Crippen LogP contribution >= 0.6 is 0 Å². The van der Waals surface area contributed by atoms with Gasteiger partial charge in [-0.1, -0.05) is 43.1 Å². The van der Waals surface area contributed by atoms with Crippen LogP contribution in [0.3, 0.4) is 0 Å². The number of aromatic nitrogens is 4. The van der Waals surface area contributed by atoms with Crippen LogP contribution in [0.5, 0.6) is 0 Å². The van der Waals surface area contributed by atoms with E-state index in [0.29, 0.717) is 12.0 Å². The maximum atomic E-state index is 6.18. The molecule has 2 atom stereocenters. The van der Waals surface area contributed by atoms with Crippen molar-refractivity contribution in [3.8, 4) is 5.69 Å². The van der Waals surface area contributed by atoms with Gasteiger partial charge in [0.05, 0.1) is 18.4 Å². The summed E-state index contributed by atoms with van der Waals surface area (Å²) >= 11 is 0. The zero-order chi connectivity index (χ0) is 18.5. The van der Waals surface area contributed by atoms with E-state index in [1.165, 1.54) is 25.7 Å². The molecule has 2 unspecified atom stereocenters. The van der Waals surface area contributed by atoms with Gasteiger partial charge in [0.25, 0.3) is 0 Å². The van der Waals surface area contributed by atoms with Crippen LogP contribution in [0.4, 0.5) is 5.95 Å². The number of para-hydroxylation sites is 1. The molecule has 1 saturated carbocycles. The first-order valence-corrected chi connectivity index (χ1v) is 10.2. The Hall–Kier alpha value is -1.99. The van der Waals surface area contributed by atoms with Gasteiger partial charge in [0, 0.05) is 32.7 Å². The largest absolute Gasteiger partial charge is 0.377 e. The van der Waals surface area contributed by atoms with Crippen molar-refractivity contribution in [3.63, 3.8) is 0 Å². The van der Waals surface area contributed by atoms with E-state index in [0.717, 1.165) is 51.0 Å². The second-order valence-corrected chi connectivity index (χ2v) is 7.73. The van der Waals surface area contributed by atoms with Crippen molar-refractivity contribution in [2.75, 3.05) is 44.2 Å². The normalized spacial score (nSPS) is 24.3. The zero-order valence-corrected chi connectivity index (χ0v) is 16.2. The van der Waals surface area contributed by atoms with Crippen molar-refractivity contribution in [3.05, 3.63) is 30.3 Å². The molecule has 1 aliphatic heterocycles. The van der Waals surface area contributed by atoms with Crippen LogP contribution in [0.2, 0.25) is 0 Å². The molecule has 0 N–H and O–H groups in total. The summed E-state index contributed by atoms with van der Waals surface area (Å²) in [7, 11) is 0. The lowest BCUT2D eigenvalue weighted by Crippen LogP contribution is -2.48. The van der Waals surface area contributed by atoms with E-state index in [1.807, 2.05) is 35.0 Å².